The lowest BCUT2D eigenvalue weighted by Gasteiger charge is -2.39. The number of aliphatic carboxylic acids is 1. The molecule has 15 heteroatoms. The Balaban J connectivity index is 1.33. The number of piperidine rings is 1. The van der Waals surface area contributed by atoms with Crippen molar-refractivity contribution in [2.75, 3.05) is 50.1 Å². The summed E-state index contributed by atoms with van der Waals surface area (Å²) in [7, 11) is 0. The highest BCUT2D eigenvalue weighted by atomic mass is 16.6. The lowest BCUT2D eigenvalue weighted by Crippen LogP contribution is -2.52. The molecule has 3 aliphatic heterocycles. The first-order chi connectivity index (χ1) is 24.9. The third-order valence-electron chi connectivity index (χ3n) is 8.72. The molecule has 2 aromatic carbocycles. The third-order valence-corrected chi connectivity index (χ3v) is 8.72. The van der Waals surface area contributed by atoms with Crippen LogP contribution in [0.25, 0.3) is 0 Å². The van der Waals surface area contributed by atoms with Gasteiger partial charge in [0.25, 0.3) is 5.91 Å². The van der Waals surface area contributed by atoms with E-state index in [0.717, 1.165) is 37.0 Å². The molecule has 0 unspecified atom stereocenters. The molecule has 4 N–H and O–H groups in total. The van der Waals surface area contributed by atoms with Crippen LogP contribution in [0.4, 0.5) is 22.4 Å². The summed E-state index contributed by atoms with van der Waals surface area (Å²) < 4.78 is 23.2. The second kappa shape index (κ2) is 17.2. The summed E-state index contributed by atoms with van der Waals surface area (Å²) in [5.74, 6) is 0.142. The van der Waals surface area contributed by atoms with Crippen LogP contribution in [0.1, 0.15) is 82.1 Å². The average Bonchev–Trinajstić information content (AvgIpc) is 3.10. The van der Waals surface area contributed by atoms with Crippen molar-refractivity contribution in [3.8, 4) is 17.5 Å². The number of ether oxygens (including phenoxy) is 4. The molecule has 2 amide bonds. The van der Waals surface area contributed by atoms with Gasteiger partial charge in [-0.25, -0.2) is 4.79 Å². The highest BCUT2D eigenvalue weighted by Crippen LogP contribution is 2.33. The SMILES string of the molecule is CCOc1nc2nc(n1)Nc1ccc(C(=O)NCC3(C(=O)O)CCN(C(=O)OC(C)(C)C)CC3)c(c1)OCCCCCCOc1ccc(cc1)CN2. The van der Waals surface area contributed by atoms with Gasteiger partial charge in [0.05, 0.1) is 30.8 Å². The van der Waals surface area contributed by atoms with E-state index < -0.39 is 29.0 Å². The predicted molar refractivity (Wildman–Crippen MR) is 193 cm³/mol. The van der Waals surface area contributed by atoms with Crippen LogP contribution in [0.2, 0.25) is 0 Å². The van der Waals surface area contributed by atoms with Crippen LogP contribution in [-0.2, 0) is 16.1 Å². The van der Waals surface area contributed by atoms with E-state index in [9.17, 15) is 19.5 Å². The fraction of sp³-hybridized carbons (Fsp3) is 0.514. The number of benzene rings is 2. The minimum Gasteiger partial charge on any atom is -0.494 e. The van der Waals surface area contributed by atoms with Crippen molar-refractivity contribution >= 4 is 35.6 Å². The monoisotopic (exact) mass is 719 g/mol. The second-order valence-corrected chi connectivity index (χ2v) is 13.9. The maximum Gasteiger partial charge on any atom is 0.410 e. The minimum absolute atomic E-state index is 0.116. The summed E-state index contributed by atoms with van der Waals surface area (Å²) in [6.45, 7) is 9.24. The maximum absolute atomic E-state index is 13.7. The zero-order valence-electron chi connectivity index (χ0n) is 30.3. The molecular formula is C37H49N7O8. The molecule has 4 heterocycles. The fourth-order valence-corrected chi connectivity index (χ4v) is 5.79. The summed E-state index contributed by atoms with van der Waals surface area (Å²) >= 11 is 0. The molecule has 0 radical (unpaired) electrons. The molecule has 1 fully saturated rings. The van der Waals surface area contributed by atoms with E-state index in [1.807, 2.05) is 31.2 Å². The van der Waals surface area contributed by atoms with Gasteiger partial charge in [-0.15, -0.1) is 0 Å². The van der Waals surface area contributed by atoms with Crippen molar-refractivity contribution in [1.29, 1.82) is 0 Å². The van der Waals surface area contributed by atoms with Crippen molar-refractivity contribution < 1.29 is 38.4 Å². The number of rotatable bonds is 6. The molecular weight excluding hydrogens is 670 g/mol. The average molecular weight is 720 g/mol. The predicted octanol–water partition coefficient (Wildman–Crippen LogP) is 5.79. The van der Waals surface area contributed by atoms with Crippen LogP contribution in [0.5, 0.6) is 17.5 Å². The van der Waals surface area contributed by atoms with Crippen molar-refractivity contribution in [3.63, 3.8) is 0 Å². The van der Waals surface area contributed by atoms with E-state index in [0.29, 0.717) is 43.8 Å². The lowest BCUT2D eigenvalue weighted by atomic mass is 9.78. The number of amides is 2. The van der Waals surface area contributed by atoms with Crippen molar-refractivity contribution in [1.82, 2.24) is 25.2 Å². The number of hydrogen-bond donors (Lipinski definition) is 4. The summed E-state index contributed by atoms with van der Waals surface area (Å²) in [5, 5.41) is 19.5. The van der Waals surface area contributed by atoms with E-state index in [1.165, 1.54) is 4.90 Å². The summed E-state index contributed by atoms with van der Waals surface area (Å²) in [6.07, 6.45) is 3.34. The topological polar surface area (TPSA) is 186 Å². The quantitative estimate of drug-likeness (QED) is 0.240. The zero-order chi connectivity index (χ0) is 37.1. The van der Waals surface area contributed by atoms with Crippen LogP contribution in [0.3, 0.4) is 0 Å². The molecule has 52 heavy (non-hydrogen) atoms. The Morgan fingerprint density at radius 2 is 1.63 bits per heavy atom. The molecule has 0 saturated carbocycles. The minimum atomic E-state index is -1.24. The third kappa shape index (κ3) is 10.6. The molecule has 0 spiro atoms. The number of carboxylic acids is 1. The normalized spacial score (nSPS) is 16.4. The number of carbonyl (C=O) groups is 3. The number of anilines is 3. The zero-order valence-corrected chi connectivity index (χ0v) is 30.3. The molecule has 280 valence electrons. The van der Waals surface area contributed by atoms with Crippen LogP contribution in [0, 0.1) is 5.41 Å². The van der Waals surface area contributed by atoms with E-state index in [1.54, 1.807) is 39.0 Å². The molecule has 1 aromatic heterocycles. The summed E-state index contributed by atoms with van der Waals surface area (Å²) in [5.41, 5.74) is -0.0837. The van der Waals surface area contributed by atoms with Gasteiger partial charge in [0.1, 0.15) is 17.1 Å². The standard InChI is InChI=1S/C37H49N7O8/c1-5-49-34-42-32-38-23-25-10-13-27(14-11-25)50-20-8-6-7-9-21-51-29-22-26(40-33(41-32)43-34)12-15-28(29)30(45)39-24-37(31(46)47)16-18-44(19-17-37)35(48)52-36(2,3)4/h10-15,22H,5-9,16-21,23-24H2,1-4H3,(H,39,45)(H,46,47)(H2,38,40,41,42,43). The Hall–Kier alpha value is -5.34. The van der Waals surface area contributed by atoms with Gasteiger partial charge >= 0.3 is 18.1 Å². The first kappa shape index (κ1) is 37.9. The number of carbonyl (C=O) groups excluding carboxylic acids is 2. The largest absolute Gasteiger partial charge is 0.494 e. The Bertz CT molecular complexity index is 1690. The fourth-order valence-electron chi connectivity index (χ4n) is 5.79. The van der Waals surface area contributed by atoms with E-state index in [-0.39, 0.29) is 50.0 Å². The number of likely N-dealkylation sites (tertiary alicyclic amines) is 1. The number of aromatic nitrogens is 3. The second-order valence-electron chi connectivity index (χ2n) is 13.9. The lowest BCUT2D eigenvalue weighted by molar-refractivity contribution is -0.151. The van der Waals surface area contributed by atoms with Gasteiger partial charge in [0.15, 0.2) is 0 Å². The van der Waals surface area contributed by atoms with Gasteiger partial charge in [0, 0.05) is 37.9 Å². The Kier molecular flexibility index (Phi) is 12.6. The van der Waals surface area contributed by atoms with Crippen LogP contribution < -0.4 is 30.2 Å². The molecule has 6 rings (SSSR count). The Morgan fingerprint density at radius 3 is 2.31 bits per heavy atom. The van der Waals surface area contributed by atoms with E-state index >= 15 is 0 Å². The Morgan fingerprint density at radius 1 is 0.942 bits per heavy atom. The first-order valence-corrected chi connectivity index (χ1v) is 17.8. The van der Waals surface area contributed by atoms with Crippen molar-refractivity contribution in [3.05, 3.63) is 53.6 Å². The highest BCUT2D eigenvalue weighted by molar-refractivity contribution is 5.98. The Labute approximate surface area is 303 Å². The van der Waals surface area contributed by atoms with Gasteiger partial charge in [0.2, 0.25) is 11.9 Å². The number of hydrogen-bond acceptors (Lipinski definition) is 12. The van der Waals surface area contributed by atoms with E-state index in [4.69, 9.17) is 18.9 Å². The van der Waals surface area contributed by atoms with Crippen LogP contribution in [-0.4, -0.2) is 88.0 Å². The highest BCUT2D eigenvalue weighted by Gasteiger charge is 2.43. The maximum atomic E-state index is 13.7. The van der Waals surface area contributed by atoms with Gasteiger partial charge in [-0.2, -0.15) is 15.0 Å². The number of nitrogens with zero attached hydrogens (tertiary/aromatic N) is 4. The molecule has 0 aliphatic carbocycles. The number of fused-ring (bicyclic) bond motifs is 10. The van der Waals surface area contributed by atoms with Gasteiger partial charge in [-0.1, -0.05) is 12.1 Å². The smallest absolute Gasteiger partial charge is 0.410 e. The van der Waals surface area contributed by atoms with Gasteiger partial charge < -0.3 is 44.9 Å². The van der Waals surface area contributed by atoms with Gasteiger partial charge in [-0.05, 0) is 96.0 Å². The number of carboxylic acid groups (broad SMARTS) is 1. The van der Waals surface area contributed by atoms with Gasteiger partial charge in [-0.3, -0.25) is 9.59 Å². The molecule has 6 bridgehead atoms. The van der Waals surface area contributed by atoms with Crippen LogP contribution in [0.15, 0.2) is 42.5 Å². The first-order valence-electron chi connectivity index (χ1n) is 17.8. The molecule has 0 atom stereocenters. The molecule has 15 nitrogen and oxygen atoms in total. The van der Waals surface area contributed by atoms with Crippen molar-refractivity contribution in [2.45, 2.75) is 78.4 Å². The number of nitrogens with one attached hydrogen (secondary N) is 3. The molecule has 3 aliphatic rings. The van der Waals surface area contributed by atoms with E-state index in [2.05, 4.69) is 30.9 Å². The summed E-state index contributed by atoms with van der Waals surface area (Å²) in [4.78, 5) is 53.6. The summed E-state index contributed by atoms with van der Waals surface area (Å²) in [6, 6.07) is 13.0. The van der Waals surface area contributed by atoms with Crippen LogP contribution >= 0.6 is 0 Å². The van der Waals surface area contributed by atoms with Crippen molar-refractivity contribution in [2.24, 2.45) is 5.41 Å². The molecule has 1 saturated heterocycles. The molecule has 3 aromatic rings.